The maximum atomic E-state index is 12.6. The number of carbonyl (C=O) groups is 2. The quantitative estimate of drug-likeness (QED) is 0.656. The molecular formula is C15H20N2O2. The number of hydrogen-bond acceptors (Lipinski definition) is 3. The van der Waals surface area contributed by atoms with Gasteiger partial charge in [0.1, 0.15) is 0 Å². The molecule has 1 aromatic carbocycles. The van der Waals surface area contributed by atoms with Gasteiger partial charge >= 0.3 is 0 Å². The van der Waals surface area contributed by atoms with Crippen molar-refractivity contribution in [3.63, 3.8) is 0 Å². The highest BCUT2D eigenvalue weighted by molar-refractivity contribution is 6.23. The predicted molar refractivity (Wildman–Crippen MR) is 75.6 cm³/mol. The van der Waals surface area contributed by atoms with Crippen molar-refractivity contribution in [1.29, 1.82) is 0 Å². The third-order valence-electron chi connectivity index (χ3n) is 4.21. The van der Waals surface area contributed by atoms with Crippen LogP contribution in [0.25, 0.3) is 0 Å². The number of nitrogens with zero attached hydrogens (tertiary/aromatic N) is 1. The molecule has 0 bridgehead atoms. The molecule has 2 rings (SSSR count). The summed E-state index contributed by atoms with van der Waals surface area (Å²) in [5.41, 5.74) is 7.19. The Morgan fingerprint density at radius 2 is 1.95 bits per heavy atom. The molecule has 1 aliphatic rings. The Labute approximate surface area is 113 Å². The van der Waals surface area contributed by atoms with Crippen molar-refractivity contribution in [3.05, 3.63) is 23.8 Å². The molecule has 1 aliphatic heterocycles. The van der Waals surface area contributed by atoms with E-state index in [1.807, 2.05) is 33.8 Å². The molecule has 102 valence electrons. The van der Waals surface area contributed by atoms with E-state index in [-0.39, 0.29) is 24.2 Å². The minimum atomic E-state index is -0.617. The number of nitrogen functional groups attached to an aromatic ring is 1. The summed E-state index contributed by atoms with van der Waals surface area (Å²) in [4.78, 5) is 26.1. The first-order chi connectivity index (χ1) is 8.77. The highest BCUT2D eigenvalue weighted by atomic mass is 16.2. The van der Waals surface area contributed by atoms with E-state index in [0.717, 1.165) is 5.56 Å². The molecule has 1 aromatic rings. The summed E-state index contributed by atoms with van der Waals surface area (Å²) in [5, 5.41) is 0. The maximum absolute atomic E-state index is 12.6. The number of aryl methyl sites for hydroxylation is 1. The number of rotatable bonds is 2. The third-order valence-corrected chi connectivity index (χ3v) is 4.21. The van der Waals surface area contributed by atoms with Crippen molar-refractivity contribution < 1.29 is 9.59 Å². The van der Waals surface area contributed by atoms with Gasteiger partial charge in [0, 0.05) is 12.1 Å². The standard InChI is InChI=1S/C15H20N2O2/c1-9(2)15(4)8-13(18)17(14(15)19)12-7-11(16)6-5-10(12)3/h5-7,9H,8,16H2,1-4H3. The highest BCUT2D eigenvalue weighted by Crippen LogP contribution is 2.42. The van der Waals surface area contributed by atoms with Crippen LogP contribution in [-0.4, -0.2) is 11.8 Å². The van der Waals surface area contributed by atoms with Gasteiger partial charge in [0.25, 0.3) is 0 Å². The van der Waals surface area contributed by atoms with Crippen LogP contribution in [0.1, 0.15) is 32.8 Å². The molecule has 0 radical (unpaired) electrons. The molecule has 1 heterocycles. The van der Waals surface area contributed by atoms with Crippen molar-refractivity contribution in [2.24, 2.45) is 11.3 Å². The summed E-state index contributed by atoms with van der Waals surface area (Å²) in [6.07, 6.45) is 0.262. The Morgan fingerprint density at radius 3 is 2.47 bits per heavy atom. The summed E-state index contributed by atoms with van der Waals surface area (Å²) in [7, 11) is 0. The smallest absolute Gasteiger partial charge is 0.240 e. The van der Waals surface area contributed by atoms with Gasteiger partial charge in [-0.2, -0.15) is 0 Å². The van der Waals surface area contributed by atoms with E-state index < -0.39 is 5.41 Å². The maximum Gasteiger partial charge on any atom is 0.240 e. The Morgan fingerprint density at radius 1 is 1.32 bits per heavy atom. The lowest BCUT2D eigenvalue weighted by Gasteiger charge is -2.26. The van der Waals surface area contributed by atoms with Gasteiger partial charge in [-0.15, -0.1) is 0 Å². The fourth-order valence-corrected chi connectivity index (χ4v) is 2.40. The normalized spacial score (nSPS) is 23.5. The van der Waals surface area contributed by atoms with Crippen LogP contribution in [0.4, 0.5) is 11.4 Å². The molecular weight excluding hydrogens is 240 g/mol. The number of carbonyl (C=O) groups excluding carboxylic acids is 2. The van der Waals surface area contributed by atoms with Crippen molar-refractivity contribution in [2.75, 3.05) is 10.6 Å². The zero-order valence-electron chi connectivity index (χ0n) is 11.9. The molecule has 0 aliphatic carbocycles. The largest absolute Gasteiger partial charge is 0.399 e. The van der Waals surface area contributed by atoms with E-state index in [1.165, 1.54) is 4.90 Å². The average Bonchev–Trinajstić information content (AvgIpc) is 2.55. The zero-order valence-corrected chi connectivity index (χ0v) is 11.9. The van der Waals surface area contributed by atoms with Crippen LogP contribution in [0.2, 0.25) is 0 Å². The van der Waals surface area contributed by atoms with E-state index >= 15 is 0 Å². The van der Waals surface area contributed by atoms with Gasteiger partial charge in [-0.25, -0.2) is 4.90 Å². The number of imide groups is 1. The molecule has 0 aromatic heterocycles. The Hall–Kier alpha value is -1.84. The molecule has 1 atom stereocenters. The van der Waals surface area contributed by atoms with Crippen LogP contribution in [0, 0.1) is 18.3 Å². The number of amides is 2. The molecule has 0 spiro atoms. The molecule has 1 unspecified atom stereocenters. The van der Waals surface area contributed by atoms with E-state index in [1.54, 1.807) is 12.1 Å². The lowest BCUT2D eigenvalue weighted by atomic mass is 9.78. The second-order valence-corrected chi connectivity index (χ2v) is 5.83. The molecule has 2 amide bonds. The van der Waals surface area contributed by atoms with Crippen molar-refractivity contribution in [3.8, 4) is 0 Å². The van der Waals surface area contributed by atoms with Gasteiger partial charge < -0.3 is 5.73 Å². The lowest BCUT2D eigenvalue weighted by molar-refractivity contribution is -0.126. The summed E-state index contributed by atoms with van der Waals surface area (Å²) >= 11 is 0. The van der Waals surface area contributed by atoms with Crippen molar-refractivity contribution >= 4 is 23.2 Å². The first-order valence-electron chi connectivity index (χ1n) is 6.51. The summed E-state index contributed by atoms with van der Waals surface area (Å²) in [5.74, 6) is -0.147. The second-order valence-electron chi connectivity index (χ2n) is 5.83. The van der Waals surface area contributed by atoms with Gasteiger partial charge in [0.15, 0.2) is 0 Å². The third kappa shape index (κ3) is 2.01. The first kappa shape index (κ1) is 13.6. The number of benzene rings is 1. The Kier molecular flexibility index (Phi) is 3.12. The lowest BCUT2D eigenvalue weighted by Crippen LogP contribution is -2.37. The summed E-state index contributed by atoms with van der Waals surface area (Å²) in [6.45, 7) is 7.68. The molecule has 1 saturated heterocycles. The predicted octanol–water partition coefficient (Wildman–Crippen LogP) is 2.50. The zero-order chi connectivity index (χ0) is 14.4. The first-order valence-corrected chi connectivity index (χ1v) is 6.51. The molecule has 1 fully saturated rings. The number of anilines is 2. The molecule has 19 heavy (non-hydrogen) atoms. The second kappa shape index (κ2) is 4.37. The van der Waals surface area contributed by atoms with Crippen molar-refractivity contribution in [1.82, 2.24) is 0 Å². The summed E-state index contributed by atoms with van der Waals surface area (Å²) in [6, 6.07) is 5.29. The fraction of sp³-hybridized carbons (Fsp3) is 0.467. The van der Waals surface area contributed by atoms with Crippen LogP contribution >= 0.6 is 0 Å². The minimum absolute atomic E-state index is 0.121. The average molecular weight is 260 g/mol. The van der Waals surface area contributed by atoms with E-state index in [2.05, 4.69) is 0 Å². The van der Waals surface area contributed by atoms with E-state index in [9.17, 15) is 9.59 Å². The van der Waals surface area contributed by atoms with Crippen molar-refractivity contribution in [2.45, 2.75) is 34.1 Å². The Bertz CT molecular complexity index is 551. The summed E-state index contributed by atoms with van der Waals surface area (Å²) < 4.78 is 0. The van der Waals surface area contributed by atoms with Crippen LogP contribution in [0.3, 0.4) is 0 Å². The van der Waals surface area contributed by atoms with Gasteiger partial charge in [-0.3, -0.25) is 9.59 Å². The number of nitrogens with two attached hydrogens (primary N) is 1. The molecule has 0 saturated carbocycles. The van der Waals surface area contributed by atoms with E-state index in [0.29, 0.717) is 11.4 Å². The van der Waals surface area contributed by atoms with Gasteiger partial charge in [0.2, 0.25) is 11.8 Å². The van der Waals surface area contributed by atoms with Gasteiger partial charge in [0.05, 0.1) is 11.1 Å². The van der Waals surface area contributed by atoms with Crippen LogP contribution in [0.5, 0.6) is 0 Å². The fourth-order valence-electron chi connectivity index (χ4n) is 2.40. The monoisotopic (exact) mass is 260 g/mol. The Balaban J connectivity index is 2.49. The van der Waals surface area contributed by atoms with Gasteiger partial charge in [-0.05, 0) is 37.5 Å². The van der Waals surface area contributed by atoms with Crippen LogP contribution < -0.4 is 10.6 Å². The molecule has 4 nitrogen and oxygen atoms in total. The van der Waals surface area contributed by atoms with Crippen LogP contribution in [0.15, 0.2) is 18.2 Å². The van der Waals surface area contributed by atoms with Gasteiger partial charge in [-0.1, -0.05) is 19.9 Å². The highest BCUT2D eigenvalue weighted by Gasteiger charge is 2.50. The SMILES string of the molecule is Cc1ccc(N)cc1N1C(=O)CC(C)(C(C)C)C1=O. The molecule has 4 heteroatoms. The number of hydrogen-bond donors (Lipinski definition) is 1. The van der Waals surface area contributed by atoms with E-state index in [4.69, 9.17) is 5.73 Å². The van der Waals surface area contributed by atoms with Crippen LogP contribution in [-0.2, 0) is 9.59 Å². The minimum Gasteiger partial charge on any atom is -0.399 e. The topological polar surface area (TPSA) is 63.4 Å². The molecule has 2 N–H and O–H groups in total.